The molecule has 0 spiro atoms. The molecule has 2 aromatic rings. The molecule has 146 valence electrons. The summed E-state index contributed by atoms with van der Waals surface area (Å²) >= 11 is 0. The summed E-state index contributed by atoms with van der Waals surface area (Å²) < 4.78 is 12.0. The third-order valence-electron chi connectivity index (χ3n) is 5.19. The minimum absolute atomic E-state index is 0.546. The number of benzene rings is 2. The molecule has 1 fully saturated rings. The van der Waals surface area contributed by atoms with E-state index in [0.29, 0.717) is 19.3 Å². The second-order valence-electron chi connectivity index (χ2n) is 7.01. The molecule has 0 unspecified atom stereocenters. The molecule has 3 rings (SSSR count). The van der Waals surface area contributed by atoms with Gasteiger partial charge in [-0.15, -0.1) is 0 Å². The average Bonchev–Trinajstić information content (AvgIpc) is 3.16. The molecule has 4 nitrogen and oxygen atoms in total. The highest BCUT2D eigenvalue weighted by Gasteiger charge is 2.22. The van der Waals surface area contributed by atoms with Crippen LogP contribution < -0.4 is 14.8 Å². The first-order valence-corrected chi connectivity index (χ1v) is 10.2. The fraction of sp³-hybridized carbons (Fsp3) is 0.478. The van der Waals surface area contributed by atoms with E-state index in [1.807, 2.05) is 37.3 Å². The SMILES string of the molecule is CCOc1cccc(CNC[C@@H]2CCCN2CC)c1OCc1ccccc1. The average molecular weight is 369 g/mol. The van der Waals surface area contributed by atoms with Crippen molar-refractivity contribution in [2.45, 2.75) is 45.9 Å². The van der Waals surface area contributed by atoms with Crippen molar-refractivity contribution >= 4 is 0 Å². The Morgan fingerprint density at radius 3 is 2.67 bits per heavy atom. The zero-order chi connectivity index (χ0) is 18.9. The van der Waals surface area contributed by atoms with Crippen molar-refractivity contribution < 1.29 is 9.47 Å². The van der Waals surface area contributed by atoms with Crippen LogP contribution in [0.25, 0.3) is 0 Å². The van der Waals surface area contributed by atoms with Crippen LogP contribution in [0.2, 0.25) is 0 Å². The molecule has 0 bridgehead atoms. The number of ether oxygens (including phenoxy) is 2. The Bertz CT molecular complexity index is 690. The third-order valence-corrected chi connectivity index (χ3v) is 5.19. The van der Waals surface area contributed by atoms with Gasteiger partial charge in [0.1, 0.15) is 6.61 Å². The van der Waals surface area contributed by atoms with Gasteiger partial charge in [-0.1, -0.05) is 49.4 Å². The summed E-state index contributed by atoms with van der Waals surface area (Å²) in [5.41, 5.74) is 2.31. The molecular weight excluding hydrogens is 336 g/mol. The van der Waals surface area contributed by atoms with E-state index in [-0.39, 0.29) is 0 Å². The number of hydrogen-bond donors (Lipinski definition) is 1. The van der Waals surface area contributed by atoms with Gasteiger partial charge in [0, 0.05) is 24.7 Å². The Hall–Kier alpha value is -2.04. The molecule has 0 radical (unpaired) electrons. The van der Waals surface area contributed by atoms with Gasteiger partial charge < -0.3 is 14.8 Å². The van der Waals surface area contributed by atoms with Gasteiger partial charge in [-0.3, -0.25) is 4.90 Å². The third kappa shape index (κ3) is 5.47. The van der Waals surface area contributed by atoms with Gasteiger partial charge in [0.15, 0.2) is 11.5 Å². The summed E-state index contributed by atoms with van der Waals surface area (Å²) in [6.07, 6.45) is 2.60. The van der Waals surface area contributed by atoms with Gasteiger partial charge in [0.25, 0.3) is 0 Å². The van der Waals surface area contributed by atoms with E-state index in [0.717, 1.165) is 42.3 Å². The molecule has 1 aliphatic rings. The Balaban J connectivity index is 1.65. The van der Waals surface area contributed by atoms with Crippen LogP contribution in [-0.4, -0.2) is 37.2 Å². The maximum atomic E-state index is 6.20. The lowest BCUT2D eigenvalue weighted by molar-refractivity contribution is 0.256. The van der Waals surface area contributed by atoms with E-state index in [4.69, 9.17) is 9.47 Å². The van der Waals surface area contributed by atoms with E-state index >= 15 is 0 Å². The summed E-state index contributed by atoms with van der Waals surface area (Å²) in [5, 5.41) is 3.64. The van der Waals surface area contributed by atoms with E-state index in [1.165, 1.54) is 19.4 Å². The molecule has 0 amide bonds. The molecular formula is C23H32N2O2. The lowest BCUT2D eigenvalue weighted by atomic mass is 10.1. The molecule has 1 N–H and O–H groups in total. The van der Waals surface area contributed by atoms with Gasteiger partial charge in [0.05, 0.1) is 6.61 Å². The zero-order valence-corrected chi connectivity index (χ0v) is 16.6. The van der Waals surface area contributed by atoms with Crippen LogP contribution in [0.3, 0.4) is 0 Å². The van der Waals surface area contributed by atoms with Crippen molar-refractivity contribution in [1.29, 1.82) is 0 Å². The van der Waals surface area contributed by atoms with Gasteiger partial charge >= 0.3 is 0 Å². The van der Waals surface area contributed by atoms with Gasteiger partial charge in [-0.25, -0.2) is 0 Å². The fourth-order valence-electron chi connectivity index (χ4n) is 3.78. The summed E-state index contributed by atoms with van der Waals surface area (Å²) in [4.78, 5) is 2.57. The lowest BCUT2D eigenvalue weighted by Gasteiger charge is -2.23. The largest absolute Gasteiger partial charge is 0.490 e. The topological polar surface area (TPSA) is 33.7 Å². The second kappa shape index (κ2) is 10.3. The van der Waals surface area contributed by atoms with E-state index < -0.39 is 0 Å². The van der Waals surface area contributed by atoms with Crippen molar-refractivity contribution in [3.63, 3.8) is 0 Å². The van der Waals surface area contributed by atoms with Crippen LogP contribution in [0.15, 0.2) is 48.5 Å². The standard InChI is InChI=1S/C23H32N2O2/c1-3-25-15-9-13-21(25)17-24-16-20-12-8-14-22(26-4-2)23(20)27-18-19-10-6-5-7-11-19/h5-8,10-12,14,21,24H,3-4,9,13,15-18H2,1-2H3/t21-/m0/s1. The van der Waals surface area contributed by atoms with Crippen LogP contribution >= 0.6 is 0 Å². The Morgan fingerprint density at radius 2 is 1.89 bits per heavy atom. The monoisotopic (exact) mass is 368 g/mol. The molecule has 1 saturated heterocycles. The minimum atomic E-state index is 0.546. The molecule has 1 atom stereocenters. The molecule has 4 heteroatoms. The predicted octanol–water partition coefficient (Wildman–Crippen LogP) is 4.24. The highest BCUT2D eigenvalue weighted by atomic mass is 16.5. The van der Waals surface area contributed by atoms with Crippen LogP contribution in [-0.2, 0) is 13.2 Å². The number of rotatable bonds is 10. The maximum Gasteiger partial charge on any atom is 0.166 e. The van der Waals surface area contributed by atoms with Crippen molar-refractivity contribution in [2.24, 2.45) is 0 Å². The molecule has 0 saturated carbocycles. The molecule has 0 aromatic heterocycles. The van der Waals surface area contributed by atoms with Crippen LogP contribution in [0.1, 0.15) is 37.8 Å². The normalized spacial score (nSPS) is 17.2. The summed E-state index contributed by atoms with van der Waals surface area (Å²) in [7, 11) is 0. The highest BCUT2D eigenvalue weighted by molar-refractivity contribution is 5.46. The van der Waals surface area contributed by atoms with Gasteiger partial charge in [-0.2, -0.15) is 0 Å². The molecule has 0 aliphatic carbocycles. The van der Waals surface area contributed by atoms with Gasteiger partial charge in [-0.05, 0) is 44.5 Å². The number of para-hydroxylation sites is 1. The van der Waals surface area contributed by atoms with Gasteiger partial charge in [0.2, 0.25) is 0 Å². The number of likely N-dealkylation sites (N-methyl/N-ethyl adjacent to an activating group) is 1. The number of nitrogens with zero attached hydrogens (tertiary/aromatic N) is 1. The summed E-state index contributed by atoms with van der Waals surface area (Å²) in [5.74, 6) is 1.68. The van der Waals surface area contributed by atoms with Crippen molar-refractivity contribution in [3.8, 4) is 11.5 Å². The maximum absolute atomic E-state index is 6.20. The van der Waals surface area contributed by atoms with Crippen LogP contribution in [0, 0.1) is 0 Å². The van der Waals surface area contributed by atoms with Crippen LogP contribution in [0.4, 0.5) is 0 Å². The second-order valence-corrected chi connectivity index (χ2v) is 7.01. The molecule has 2 aromatic carbocycles. The number of hydrogen-bond acceptors (Lipinski definition) is 4. The quantitative estimate of drug-likeness (QED) is 0.680. The first-order valence-electron chi connectivity index (χ1n) is 10.2. The highest BCUT2D eigenvalue weighted by Crippen LogP contribution is 2.32. The Labute approximate surface area is 163 Å². The predicted molar refractivity (Wildman–Crippen MR) is 110 cm³/mol. The fourth-order valence-corrected chi connectivity index (χ4v) is 3.78. The zero-order valence-electron chi connectivity index (χ0n) is 16.6. The molecule has 1 heterocycles. The molecule has 1 aliphatic heterocycles. The summed E-state index contributed by atoms with van der Waals surface area (Å²) in [6, 6.07) is 17.1. The lowest BCUT2D eigenvalue weighted by Crippen LogP contribution is -2.37. The smallest absolute Gasteiger partial charge is 0.166 e. The first-order chi connectivity index (χ1) is 13.3. The van der Waals surface area contributed by atoms with E-state index in [9.17, 15) is 0 Å². The minimum Gasteiger partial charge on any atom is -0.490 e. The first kappa shape index (κ1) is 19.7. The molecule has 27 heavy (non-hydrogen) atoms. The Kier molecular flexibility index (Phi) is 7.55. The Morgan fingerprint density at radius 1 is 1.04 bits per heavy atom. The van der Waals surface area contributed by atoms with Crippen molar-refractivity contribution in [1.82, 2.24) is 10.2 Å². The van der Waals surface area contributed by atoms with E-state index in [1.54, 1.807) is 0 Å². The summed E-state index contributed by atoms with van der Waals surface area (Å²) in [6.45, 7) is 9.61. The van der Waals surface area contributed by atoms with Crippen molar-refractivity contribution in [3.05, 3.63) is 59.7 Å². The number of nitrogens with one attached hydrogen (secondary N) is 1. The van der Waals surface area contributed by atoms with Crippen LogP contribution in [0.5, 0.6) is 11.5 Å². The van der Waals surface area contributed by atoms with E-state index in [2.05, 4.69) is 35.3 Å². The number of likely N-dealkylation sites (tertiary alicyclic amines) is 1. The van der Waals surface area contributed by atoms with Crippen molar-refractivity contribution in [2.75, 3.05) is 26.2 Å².